The summed E-state index contributed by atoms with van der Waals surface area (Å²) in [7, 11) is 1.67. The molecule has 1 fully saturated rings. The minimum atomic E-state index is -4.37. The first-order valence-corrected chi connectivity index (χ1v) is 9.54. The maximum atomic E-state index is 12.7. The number of ether oxygens (including phenoxy) is 1. The van der Waals surface area contributed by atoms with Gasteiger partial charge in [-0.25, -0.2) is 0 Å². The summed E-state index contributed by atoms with van der Waals surface area (Å²) in [5.74, 6) is 1.58. The SMILES string of the molecule is COc1ccccc1N1CCN(Cc2nc(-c3ccc(C(F)(F)F)cc3)no2)CC1. The lowest BCUT2D eigenvalue weighted by Crippen LogP contribution is -2.46. The fraction of sp³-hybridized carbons (Fsp3) is 0.333. The number of hydrogen-bond donors (Lipinski definition) is 0. The molecule has 0 unspecified atom stereocenters. The number of halogens is 3. The van der Waals surface area contributed by atoms with Gasteiger partial charge in [0.15, 0.2) is 0 Å². The predicted molar refractivity (Wildman–Crippen MR) is 105 cm³/mol. The van der Waals surface area contributed by atoms with Gasteiger partial charge in [0.2, 0.25) is 11.7 Å². The van der Waals surface area contributed by atoms with Crippen molar-refractivity contribution in [3.63, 3.8) is 0 Å². The number of benzene rings is 2. The molecular weight excluding hydrogens is 397 g/mol. The number of hydrogen-bond acceptors (Lipinski definition) is 6. The summed E-state index contributed by atoms with van der Waals surface area (Å²) in [6, 6.07) is 12.7. The molecule has 0 bridgehead atoms. The summed E-state index contributed by atoms with van der Waals surface area (Å²) in [6.45, 7) is 3.79. The van der Waals surface area contributed by atoms with E-state index in [1.165, 1.54) is 12.1 Å². The highest BCUT2D eigenvalue weighted by Gasteiger charge is 2.30. The minimum absolute atomic E-state index is 0.284. The third-order valence-electron chi connectivity index (χ3n) is 5.10. The Labute approximate surface area is 171 Å². The predicted octanol–water partition coefficient (Wildman–Crippen LogP) is 4.09. The highest BCUT2D eigenvalue weighted by molar-refractivity contribution is 5.58. The first kappa shape index (κ1) is 20.2. The van der Waals surface area contributed by atoms with Crippen molar-refractivity contribution >= 4 is 5.69 Å². The number of nitrogens with zero attached hydrogens (tertiary/aromatic N) is 4. The van der Waals surface area contributed by atoms with Crippen molar-refractivity contribution in [1.82, 2.24) is 15.0 Å². The monoisotopic (exact) mass is 418 g/mol. The third kappa shape index (κ3) is 4.40. The van der Waals surface area contributed by atoms with Gasteiger partial charge in [-0.15, -0.1) is 0 Å². The average molecular weight is 418 g/mol. The van der Waals surface area contributed by atoms with Crippen molar-refractivity contribution in [2.24, 2.45) is 0 Å². The van der Waals surface area contributed by atoms with E-state index >= 15 is 0 Å². The molecular formula is C21H21F3N4O2. The number of aromatic nitrogens is 2. The van der Waals surface area contributed by atoms with E-state index in [0.29, 0.717) is 18.0 Å². The average Bonchev–Trinajstić information content (AvgIpc) is 3.22. The van der Waals surface area contributed by atoms with E-state index in [2.05, 4.69) is 19.9 Å². The molecule has 4 rings (SSSR count). The standard InChI is InChI=1S/C21H21F3N4O2/c1-29-18-5-3-2-4-17(18)28-12-10-27(11-13-28)14-19-25-20(26-30-19)15-6-8-16(9-7-15)21(22,23)24/h2-9H,10-14H2,1H3. The second kappa shape index (κ2) is 8.35. The lowest BCUT2D eigenvalue weighted by molar-refractivity contribution is -0.137. The Bertz CT molecular complexity index is 980. The van der Waals surface area contributed by atoms with Gasteiger partial charge in [0, 0.05) is 31.7 Å². The van der Waals surface area contributed by atoms with Gasteiger partial charge in [-0.1, -0.05) is 29.4 Å². The van der Waals surface area contributed by atoms with Crippen molar-refractivity contribution < 1.29 is 22.4 Å². The van der Waals surface area contributed by atoms with E-state index in [4.69, 9.17) is 9.26 Å². The maximum Gasteiger partial charge on any atom is 0.416 e. The van der Waals surface area contributed by atoms with Crippen molar-refractivity contribution in [3.8, 4) is 17.1 Å². The van der Waals surface area contributed by atoms with Crippen LogP contribution in [0, 0.1) is 0 Å². The zero-order valence-corrected chi connectivity index (χ0v) is 16.4. The molecule has 158 valence electrons. The quantitative estimate of drug-likeness (QED) is 0.622. The molecule has 0 radical (unpaired) electrons. The van der Waals surface area contributed by atoms with Gasteiger partial charge in [-0.2, -0.15) is 18.2 Å². The number of piperazine rings is 1. The molecule has 0 saturated carbocycles. The molecule has 9 heteroatoms. The molecule has 1 saturated heterocycles. The van der Waals surface area contributed by atoms with Crippen molar-refractivity contribution in [1.29, 1.82) is 0 Å². The van der Waals surface area contributed by atoms with Crippen LogP contribution in [0.15, 0.2) is 53.1 Å². The van der Waals surface area contributed by atoms with Gasteiger partial charge < -0.3 is 14.2 Å². The molecule has 6 nitrogen and oxygen atoms in total. The van der Waals surface area contributed by atoms with Gasteiger partial charge >= 0.3 is 6.18 Å². The Morgan fingerprint density at radius 2 is 1.70 bits per heavy atom. The van der Waals surface area contributed by atoms with Crippen LogP contribution in [0.1, 0.15) is 11.5 Å². The van der Waals surface area contributed by atoms with Gasteiger partial charge in [0.1, 0.15) is 5.75 Å². The zero-order chi connectivity index (χ0) is 21.1. The summed E-state index contributed by atoms with van der Waals surface area (Å²) in [6.07, 6.45) is -4.37. The van der Waals surface area contributed by atoms with Crippen molar-refractivity contribution in [3.05, 3.63) is 60.0 Å². The van der Waals surface area contributed by atoms with E-state index in [0.717, 1.165) is 49.7 Å². The topological polar surface area (TPSA) is 54.6 Å². The molecule has 0 N–H and O–H groups in total. The molecule has 0 spiro atoms. The molecule has 1 aliphatic heterocycles. The van der Waals surface area contributed by atoms with Gasteiger partial charge in [0.25, 0.3) is 0 Å². The van der Waals surface area contributed by atoms with Crippen LogP contribution in [0.2, 0.25) is 0 Å². The van der Waals surface area contributed by atoms with E-state index in [9.17, 15) is 13.2 Å². The van der Waals surface area contributed by atoms with Crippen LogP contribution in [-0.2, 0) is 12.7 Å². The first-order valence-electron chi connectivity index (χ1n) is 9.54. The lowest BCUT2D eigenvalue weighted by atomic mass is 10.1. The summed E-state index contributed by atoms with van der Waals surface area (Å²) < 4.78 is 48.8. The summed E-state index contributed by atoms with van der Waals surface area (Å²) in [5.41, 5.74) is 0.851. The molecule has 2 aromatic carbocycles. The molecule has 0 aliphatic carbocycles. The number of rotatable bonds is 5. The smallest absolute Gasteiger partial charge is 0.416 e. The second-order valence-corrected chi connectivity index (χ2v) is 7.02. The molecule has 3 aromatic rings. The van der Waals surface area contributed by atoms with E-state index in [-0.39, 0.29) is 5.82 Å². The number of anilines is 1. The molecule has 0 amide bonds. The molecule has 2 heterocycles. The molecule has 1 aliphatic rings. The number of methoxy groups -OCH3 is 1. The van der Waals surface area contributed by atoms with Crippen LogP contribution in [0.5, 0.6) is 5.75 Å². The van der Waals surface area contributed by atoms with Crippen LogP contribution in [0.4, 0.5) is 18.9 Å². The van der Waals surface area contributed by atoms with Crippen LogP contribution in [0.3, 0.4) is 0 Å². The highest BCUT2D eigenvalue weighted by Crippen LogP contribution is 2.31. The molecule has 1 aromatic heterocycles. The lowest BCUT2D eigenvalue weighted by Gasteiger charge is -2.35. The third-order valence-corrected chi connectivity index (χ3v) is 5.10. The van der Waals surface area contributed by atoms with Crippen LogP contribution < -0.4 is 9.64 Å². The van der Waals surface area contributed by atoms with Gasteiger partial charge in [0.05, 0.1) is 24.9 Å². The van der Waals surface area contributed by atoms with Gasteiger partial charge in [-0.3, -0.25) is 4.90 Å². The van der Waals surface area contributed by atoms with Crippen LogP contribution in [-0.4, -0.2) is 48.3 Å². The maximum absolute atomic E-state index is 12.7. The van der Waals surface area contributed by atoms with Gasteiger partial charge in [-0.05, 0) is 24.3 Å². The zero-order valence-electron chi connectivity index (χ0n) is 16.4. The Hall–Kier alpha value is -3.07. The Balaban J connectivity index is 1.36. The fourth-order valence-electron chi connectivity index (χ4n) is 3.47. The number of para-hydroxylation sites is 2. The molecule has 30 heavy (non-hydrogen) atoms. The minimum Gasteiger partial charge on any atom is -0.495 e. The van der Waals surface area contributed by atoms with E-state index in [1.54, 1.807) is 7.11 Å². The van der Waals surface area contributed by atoms with E-state index < -0.39 is 11.7 Å². The first-order chi connectivity index (χ1) is 14.4. The molecule has 0 atom stereocenters. The van der Waals surface area contributed by atoms with Crippen LogP contribution in [0.25, 0.3) is 11.4 Å². The second-order valence-electron chi connectivity index (χ2n) is 7.02. The van der Waals surface area contributed by atoms with Crippen molar-refractivity contribution in [2.45, 2.75) is 12.7 Å². The largest absolute Gasteiger partial charge is 0.495 e. The number of alkyl halides is 3. The van der Waals surface area contributed by atoms with E-state index in [1.807, 2.05) is 24.3 Å². The Kier molecular flexibility index (Phi) is 5.63. The normalized spacial score (nSPS) is 15.4. The highest BCUT2D eigenvalue weighted by atomic mass is 19.4. The summed E-state index contributed by atoms with van der Waals surface area (Å²) >= 11 is 0. The van der Waals surface area contributed by atoms with Crippen molar-refractivity contribution in [2.75, 3.05) is 38.2 Å². The Morgan fingerprint density at radius 1 is 1.00 bits per heavy atom. The fourth-order valence-corrected chi connectivity index (χ4v) is 3.47. The Morgan fingerprint density at radius 3 is 2.37 bits per heavy atom. The summed E-state index contributed by atoms with van der Waals surface area (Å²) in [4.78, 5) is 8.82. The summed E-state index contributed by atoms with van der Waals surface area (Å²) in [5, 5.41) is 3.91. The van der Waals surface area contributed by atoms with Crippen LogP contribution >= 0.6 is 0 Å².